The lowest BCUT2D eigenvalue weighted by atomic mass is 9.93. The number of piperidine rings is 1. The molecule has 1 heterocycles. The fraction of sp³-hybridized carbons (Fsp3) is 0.818. The van der Waals surface area contributed by atoms with Crippen molar-refractivity contribution in [2.24, 2.45) is 5.92 Å². The van der Waals surface area contributed by atoms with Crippen molar-refractivity contribution in [3.63, 3.8) is 0 Å². The third-order valence-electron chi connectivity index (χ3n) is 3.04. The van der Waals surface area contributed by atoms with Gasteiger partial charge < -0.3 is 9.64 Å². The Morgan fingerprint density at radius 2 is 2.07 bits per heavy atom. The quantitative estimate of drug-likeness (QED) is 0.647. The van der Waals surface area contributed by atoms with Gasteiger partial charge in [0, 0.05) is 19.0 Å². The molecule has 0 radical (unpaired) electrons. The fourth-order valence-corrected chi connectivity index (χ4v) is 2.02. The van der Waals surface area contributed by atoms with Crippen molar-refractivity contribution < 1.29 is 14.3 Å². The minimum atomic E-state index is -0.198. The van der Waals surface area contributed by atoms with Crippen LogP contribution in [0.4, 0.5) is 0 Å². The maximum absolute atomic E-state index is 11.6. The molecule has 15 heavy (non-hydrogen) atoms. The van der Waals surface area contributed by atoms with E-state index in [-0.39, 0.29) is 23.8 Å². The summed E-state index contributed by atoms with van der Waals surface area (Å²) in [5.74, 6) is -0.214. The second-order valence-corrected chi connectivity index (χ2v) is 4.05. The average Bonchev–Trinajstić information content (AvgIpc) is 2.27. The predicted octanol–water partition coefficient (Wildman–Crippen LogP) is 1.20. The number of carbonyl (C=O) groups excluding carboxylic acids is 2. The Labute approximate surface area is 90.6 Å². The topological polar surface area (TPSA) is 46.6 Å². The summed E-state index contributed by atoms with van der Waals surface area (Å²) in [6.45, 7) is 4.39. The number of methoxy groups -OCH3 is 1. The number of rotatable bonds is 2. The highest BCUT2D eigenvalue weighted by Gasteiger charge is 2.32. The maximum atomic E-state index is 11.6. The highest BCUT2D eigenvalue weighted by atomic mass is 16.5. The molecule has 0 aromatic heterocycles. The Balaban J connectivity index is 2.63. The molecule has 86 valence electrons. The van der Waals surface area contributed by atoms with Crippen LogP contribution in [0, 0.1) is 5.92 Å². The molecule has 1 rings (SSSR count). The molecule has 0 aromatic carbocycles. The minimum Gasteiger partial charge on any atom is -0.469 e. The van der Waals surface area contributed by atoms with E-state index < -0.39 is 0 Å². The molecule has 4 nitrogen and oxygen atoms in total. The normalized spacial score (nSPS) is 26.2. The van der Waals surface area contributed by atoms with Crippen LogP contribution in [0.2, 0.25) is 0 Å². The van der Waals surface area contributed by atoms with Crippen LogP contribution in [0.5, 0.6) is 0 Å². The minimum absolute atomic E-state index is 0.121. The van der Waals surface area contributed by atoms with Crippen LogP contribution in [0.1, 0.15) is 33.1 Å². The van der Waals surface area contributed by atoms with E-state index in [4.69, 9.17) is 4.74 Å². The van der Waals surface area contributed by atoms with Gasteiger partial charge in [0.1, 0.15) is 0 Å². The lowest BCUT2D eigenvalue weighted by Crippen LogP contribution is -2.47. The zero-order valence-corrected chi connectivity index (χ0v) is 9.66. The first-order valence-corrected chi connectivity index (χ1v) is 5.47. The van der Waals surface area contributed by atoms with Crippen LogP contribution in [-0.2, 0) is 14.3 Å². The van der Waals surface area contributed by atoms with Crippen LogP contribution in [-0.4, -0.2) is 36.5 Å². The number of esters is 1. The highest BCUT2D eigenvalue weighted by molar-refractivity contribution is 5.78. The molecule has 0 saturated carbocycles. The van der Waals surface area contributed by atoms with Crippen molar-refractivity contribution >= 4 is 11.9 Å². The van der Waals surface area contributed by atoms with Gasteiger partial charge in [-0.15, -0.1) is 0 Å². The monoisotopic (exact) mass is 213 g/mol. The number of likely N-dealkylation sites (tertiary alicyclic amines) is 1. The van der Waals surface area contributed by atoms with Gasteiger partial charge in [-0.3, -0.25) is 9.59 Å². The van der Waals surface area contributed by atoms with Crippen molar-refractivity contribution in [3.8, 4) is 0 Å². The van der Waals surface area contributed by atoms with Crippen molar-refractivity contribution in [2.45, 2.75) is 39.2 Å². The Bertz CT molecular complexity index is 252. The van der Waals surface area contributed by atoms with E-state index in [0.717, 1.165) is 12.8 Å². The van der Waals surface area contributed by atoms with E-state index in [0.29, 0.717) is 13.0 Å². The van der Waals surface area contributed by atoms with E-state index in [1.165, 1.54) is 7.11 Å². The third kappa shape index (κ3) is 2.70. The van der Waals surface area contributed by atoms with Crippen molar-refractivity contribution in [2.75, 3.05) is 13.7 Å². The van der Waals surface area contributed by atoms with Gasteiger partial charge in [-0.2, -0.15) is 0 Å². The van der Waals surface area contributed by atoms with Gasteiger partial charge in [-0.1, -0.05) is 6.92 Å². The molecule has 1 aliphatic rings. The highest BCUT2D eigenvalue weighted by Crippen LogP contribution is 2.23. The molecule has 0 aliphatic carbocycles. The Morgan fingerprint density at radius 1 is 1.40 bits per heavy atom. The number of ether oxygens (including phenoxy) is 1. The standard InChI is InChI=1S/C11H19NO3/c1-4-10(13)12-7-9(11(14)15-3)6-5-8(12)2/h8-9H,4-7H2,1-3H3. The number of nitrogens with zero attached hydrogens (tertiary/aromatic N) is 1. The Hall–Kier alpha value is -1.06. The van der Waals surface area contributed by atoms with E-state index >= 15 is 0 Å². The molecule has 0 bridgehead atoms. The smallest absolute Gasteiger partial charge is 0.310 e. The summed E-state index contributed by atoms with van der Waals surface area (Å²) in [4.78, 5) is 24.8. The summed E-state index contributed by atoms with van der Waals surface area (Å²) in [7, 11) is 1.40. The molecule has 1 amide bonds. The largest absolute Gasteiger partial charge is 0.469 e. The van der Waals surface area contributed by atoms with E-state index in [1.54, 1.807) is 4.90 Å². The third-order valence-corrected chi connectivity index (χ3v) is 3.04. The van der Waals surface area contributed by atoms with Crippen LogP contribution in [0.15, 0.2) is 0 Å². The molecule has 2 atom stereocenters. The van der Waals surface area contributed by atoms with E-state index in [2.05, 4.69) is 0 Å². The van der Waals surface area contributed by atoms with Gasteiger partial charge in [0.25, 0.3) is 0 Å². The van der Waals surface area contributed by atoms with Gasteiger partial charge in [0.15, 0.2) is 0 Å². The zero-order valence-electron chi connectivity index (χ0n) is 9.66. The first kappa shape index (κ1) is 12.0. The van der Waals surface area contributed by atoms with Gasteiger partial charge in [-0.05, 0) is 19.8 Å². The van der Waals surface area contributed by atoms with Crippen LogP contribution < -0.4 is 0 Å². The SMILES string of the molecule is CCC(=O)N1CC(C(=O)OC)CCC1C. The number of amides is 1. The summed E-state index contributed by atoms with van der Waals surface area (Å²) in [6, 6.07) is 0.248. The lowest BCUT2D eigenvalue weighted by molar-refractivity contribution is -0.150. The predicted molar refractivity (Wildman–Crippen MR) is 56.2 cm³/mol. The maximum Gasteiger partial charge on any atom is 0.310 e. The molecule has 4 heteroatoms. The van der Waals surface area contributed by atoms with Gasteiger partial charge in [0.2, 0.25) is 5.91 Å². The molecular formula is C11H19NO3. The first-order chi connectivity index (χ1) is 7.10. The van der Waals surface area contributed by atoms with Crippen LogP contribution in [0.25, 0.3) is 0 Å². The first-order valence-electron chi connectivity index (χ1n) is 5.47. The molecule has 0 aromatic rings. The van der Waals surface area contributed by atoms with Crippen LogP contribution in [0.3, 0.4) is 0 Å². The molecule has 1 aliphatic heterocycles. The van der Waals surface area contributed by atoms with Crippen molar-refractivity contribution in [1.29, 1.82) is 0 Å². The van der Waals surface area contributed by atoms with Gasteiger partial charge >= 0.3 is 5.97 Å². The summed E-state index contributed by atoms with van der Waals surface area (Å²) in [6.07, 6.45) is 2.20. The fourth-order valence-electron chi connectivity index (χ4n) is 2.02. The Kier molecular flexibility index (Phi) is 4.12. The van der Waals surface area contributed by atoms with E-state index in [1.807, 2.05) is 13.8 Å². The number of carbonyl (C=O) groups is 2. The molecule has 1 fully saturated rings. The summed E-state index contributed by atoms with van der Waals surface area (Å²) < 4.78 is 4.71. The molecule has 2 unspecified atom stereocenters. The summed E-state index contributed by atoms with van der Waals surface area (Å²) in [5.41, 5.74) is 0. The molecule has 1 saturated heterocycles. The summed E-state index contributed by atoms with van der Waals surface area (Å²) >= 11 is 0. The average molecular weight is 213 g/mol. The van der Waals surface area contributed by atoms with E-state index in [9.17, 15) is 9.59 Å². The molecule has 0 N–H and O–H groups in total. The molecule has 0 spiro atoms. The second kappa shape index (κ2) is 5.14. The zero-order chi connectivity index (χ0) is 11.4. The van der Waals surface area contributed by atoms with Gasteiger partial charge in [-0.25, -0.2) is 0 Å². The van der Waals surface area contributed by atoms with Gasteiger partial charge in [0.05, 0.1) is 13.0 Å². The Morgan fingerprint density at radius 3 is 2.60 bits per heavy atom. The molecular weight excluding hydrogens is 194 g/mol. The van der Waals surface area contributed by atoms with Crippen molar-refractivity contribution in [3.05, 3.63) is 0 Å². The van der Waals surface area contributed by atoms with Crippen LogP contribution >= 0.6 is 0 Å². The number of hydrogen-bond donors (Lipinski definition) is 0. The summed E-state index contributed by atoms with van der Waals surface area (Å²) in [5, 5.41) is 0. The second-order valence-electron chi connectivity index (χ2n) is 4.05. The number of hydrogen-bond acceptors (Lipinski definition) is 3. The lowest BCUT2D eigenvalue weighted by Gasteiger charge is -2.36. The van der Waals surface area contributed by atoms with Crippen molar-refractivity contribution in [1.82, 2.24) is 4.90 Å².